The van der Waals surface area contributed by atoms with Crippen molar-refractivity contribution in [2.45, 2.75) is 19.8 Å². The van der Waals surface area contributed by atoms with Gasteiger partial charge < -0.3 is 11.1 Å². The van der Waals surface area contributed by atoms with Crippen molar-refractivity contribution in [2.24, 2.45) is 0 Å². The molecule has 0 aliphatic heterocycles. The standard InChI is InChI=1S/C16H16Cl2N2O/c1-9(2)10-4-3-5-12(6-10)20-16(21)11-7-13(17)15(19)14(18)8-11/h3-9H,19H2,1-2H3,(H,20,21). The number of anilines is 2. The summed E-state index contributed by atoms with van der Waals surface area (Å²) in [6.07, 6.45) is 0. The van der Waals surface area contributed by atoms with Crippen molar-refractivity contribution >= 4 is 40.5 Å². The summed E-state index contributed by atoms with van der Waals surface area (Å²) >= 11 is 11.9. The van der Waals surface area contributed by atoms with Crippen LogP contribution in [0.1, 0.15) is 35.7 Å². The van der Waals surface area contributed by atoms with Gasteiger partial charge in [0.2, 0.25) is 0 Å². The minimum atomic E-state index is -0.278. The average Bonchev–Trinajstić information content (AvgIpc) is 2.44. The van der Waals surface area contributed by atoms with Gasteiger partial charge in [0.15, 0.2) is 0 Å². The Labute approximate surface area is 134 Å². The largest absolute Gasteiger partial charge is 0.396 e. The molecule has 3 nitrogen and oxygen atoms in total. The van der Waals surface area contributed by atoms with Gasteiger partial charge in [0, 0.05) is 11.3 Å². The number of amides is 1. The van der Waals surface area contributed by atoms with Crippen molar-refractivity contribution in [1.82, 2.24) is 0 Å². The molecule has 0 atom stereocenters. The first-order valence-electron chi connectivity index (χ1n) is 6.54. The second kappa shape index (κ2) is 6.37. The molecule has 0 fully saturated rings. The Kier molecular flexibility index (Phi) is 4.76. The molecule has 0 spiro atoms. The predicted octanol–water partition coefficient (Wildman–Crippen LogP) is 4.95. The number of rotatable bonds is 3. The average molecular weight is 323 g/mol. The molecule has 0 saturated heterocycles. The molecule has 0 radical (unpaired) electrons. The van der Waals surface area contributed by atoms with Crippen molar-refractivity contribution < 1.29 is 4.79 Å². The Balaban J connectivity index is 2.24. The van der Waals surface area contributed by atoms with Crippen LogP contribution in [-0.2, 0) is 0 Å². The van der Waals surface area contributed by atoms with E-state index in [9.17, 15) is 4.79 Å². The predicted molar refractivity (Wildman–Crippen MR) is 89.4 cm³/mol. The molecule has 0 aliphatic carbocycles. The summed E-state index contributed by atoms with van der Waals surface area (Å²) in [6.45, 7) is 4.20. The van der Waals surface area contributed by atoms with E-state index in [1.165, 1.54) is 12.1 Å². The van der Waals surface area contributed by atoms with E-state index >= 15 is 0 Å². The fraction of sp³-hybridized carbons (Fsp3) is 0.188. The van der Waals surface area contributed by atoms with Gasteiger partial charge in [-0.1, -0.05) is 49.2 Å². The fourth-order valence-corrected chi connectivity index (χ4v) is 2.38. The Morgan fingerprint density at radius 1 is 1.14 bits per heavy atom. The van der Waals surface area contributed by atoms with Crippen LogP contribution in [0.3, 0.4) is 0 Å². The lowest BCUT2D eigenvalue weighted by Crippen LogP contribution is -2.12. The monoisotopic (exact) mass is 322 g/mol. The van der Waals surface area contributed by atoms with Gasteiger partial charge >= 0.3 is 0 Å². The SMILES string of the molecule is CC(C)c1cccc(NC(=O)c2cc(Cl)c(N)c(Cl)c2)c1. The highest BCUT2D eigenvalue weighted by molar-refractivity contribution is 6.39. The van der Waals surface area contributed by atoms with Gasteiger partial charge in [-0.25, -0.2) is 0 Å². The van der Waals surface area contributed by atoms with Gasteiger partial charge in [-0.3, -0.25) is 4.79 Å². The van der Waals surface area contributed by atoms with Crippen molar-refractivity contribution in [3.8, 4) is 0 Å². The smallest absolute Gasteiger partial charge is 0.255 e. The third kappa shape index (κ3) is 3.69. The Morgan fingerprint density at radius 3 is 2.33 bits per heavy atom. The quantitative estimate of drug-likeness (QED) is 0.785. The molecule has 5 heteroatoms. The highest BCUT2D eigenvalue weighted by Crippen LogP contribution is 2.29. The fourth-order valence-electron chi connectivity index (χ4n) is 1.89. The zero-order valence-corrected chi connectivity index (χ0v) is 13.3. The van der Waals surface area contributed by atoms with Gasteiger partial charge in [-0.15, -0.1) is 0 Å². The first kappa shape index (κ1) is 15.7. The molecular weight excluding hydrogens is 307 g/mol. The lowest BCUT2D eigenvalue weighted by Gasteiger charge is -2.10. The van der Waals surface area contributed by atoms with Crippen molar-refractivity contribution in [1.29, 1.82) is 0 Å². The maximum absolute atomic E-state index is 12.2. The van der Waals surface area contributed by atoms with Crippen molar-refractivity contribution in [2.75, 3.05) is 11.1 Å². The maximum atomic E-state index is 12.2. The molecule has 0 saturated carbocycles. The third-order valence-electron chi connectivity index (χ3n) is 3.15. The topological polar surface area (TPSA) is 55.1 Å². The summed E-state index contributed by atoms with van der Waals surface area (Å²) in [4.78, 5) is 12.2. The zero-order valence-electron chi connectivity index (χ0n) is 11.8. The molecule has 0 heterocycles. The highest BCUT2D eigenvalue weighted by atomic mass is 35.5. The third-order valence-corrected chi connectivity index (χ3v) is 3.78. The summed E-state index contributed by atoms with van der Waals surface area (Å²) in [5.74, 6) is 0.113. The van der Waals surface area contributed by atoms with E-state index in [4.69, 9.17) is 28.9 Å². The number of carbonyl (C=O) groups excluding carboxylic acids is 1. The lowest BCUT2D eigenvalue weighted by molar-refractivity contribution is 0.102. The van der Waals surface area contributed by atoms with Gasteiger partial charge in [-0.2, -0.15) is 0 Å². The molecule has 2 aromatic rings. The summed E-state index contributed by atoms with van der Waals surface area (Å²) in [5, 5.41) is 3.36. The molecule has 1 amide bonds. The number of carbonyl (C=O) groups is 1. The molecule has 21 heavy (non-hydrogen) atoms. The van der Waals surface area contributed by atoms with E-state index in [0.29, 0.717) is 11.5 Å². The first-order valence-corrected chi connectivity index (χ1v) is 7.30. The Bertz CT molecular complexity index is 661. The van der Waals surface area contributed by atoms with Crippen molar-refractivity contribution in [3.63, 3.8) is 0 Å². The number of hydrogen-bond acceptors (Lipinski definition) is 2. The molecule has 2 rings (SSSR count). The number of halogens is 2. The van der Waals surface area contributed by atoms with Gasteiger partial charge in [-0.05, 0) is 35.7 Å². The van der Waals surface area contributed by atoms with Crippen LogP contribution in [-0.4, -0.2) is 5.91 Å². The highest BCUT2D eigenvalue weighted by Gasteiger charge is 2.12. The second-order valence-corrected chi connectivity index (χ2v) is 5.90. The van der Waals surface area contributed by atoms with Gasteiger partial charge in [0.1, 0.15) is 0 Å². The molecule has 0 aliphatic rings. The number of benzene rings is 2. The van der Waals surface area contributed by atoms with Crippen LogP contribution in [0.15, 0.2) is 36.4 Å². The van der Waals surface area contributed by atoms with Crippen LogP contribution in [0.25, 0.3) is 0 Å². The van der Waals surface area contributed by atoms with E-state index in [0.717, 1.165) is 11.3 Å². The summed E-state index contributed by atoms with van der Waals surface area (Å²) < 4.78 is 0. The van der Waals surface area contributed by atoms with Gasteiger partial charge in [0.25, 0.3) is 5.91 Å². The summed E-state index contributed by atoms with van der Waals surface area (Å²) in [5.41, 5.74) is 8.19. The lowest BCUT2D eigenvalue weighted by atomic mass is 10.0. The van der Waals surface area contributed by atoms with Crippen LogP contribution in [0.2, 0.25) is 10.0 Å². The van der Waals surface area contributed by atoms with E-state index in [-0.39, 0.29) is 21.6 Å². The number of nitrogen functional groups attached to an aromatic ring is 1. The number of nitrogens with one attached hydrogen (secondary N) is 1. The van der Waals surface area contributed by atoms with E-state index in [1.807, 2.05) is 24.3 Å². The van der Waals surface area contributed by atoms with Crippen LogP contribution < -0.4 is 11.1 Å². The number of nitrogens with two attached hydrogens (primary N) is 1. The van der Waals surface area contributed by atoms with Crippen LogP contribution in [0.4, 0.5) is 11.4 Å². The molecule has 0 unspecified atom stereocenters. The van der Waals surface area contributed by atoms with E-state index < -0.39 is 0 Å². The molecule has 2 aromatic carbocycles. The molecule has 0 bridgehead atoms. The van der Waals surface area contributed by atoms with Crippen LogP contribution in [0.5, 0.6) is 0 Å². The normalized spacial score (nSPS) is 10.7. The molecule has 0 aromatic heterocycles. The summed E-state index contributed by atoms with van der Waals surface area (Å²) in [7, 11) is 0. The van der Waals surface area contributed by atoms with Crippen LogP contribution in [0, 0.1) is 0 Å². The summed E-state index contributed by atoms with van der Waals surface area (Å²) in [6, 6.07) is 10.7. The van der Waals surface area contributed by atoms with Crippen molar-refractivity contribution in [3.05, 3.63) is 57.6 Å². The number of hydrogen-bond donors (Lipinski definition) is 2. The van der Waals surface area contributed by atoms with E-state index in [2.05, 4.69) is 19.2 Å². The van der Waals surface area contributed by atoms with Gasteiger partial charge in [0.05, 0.1) is 15.7 Å². The Hall–Kier alpha value is -1.71. The van der Waals surface area contributed by atoms with Crippen LogP contribution >= 0.6 is 23.2 Å². The molecule has 3 N–H and O–H groups in total. The minimum Gasteiger partial charge on any atom is -0.396 e. The minimum absolute atomic E-state index is 0.267. The maximum Gasteiger partial charge on any atom is 0.255 e. The van der Waals surface area contributed by atoms with E-state index in [1.54, 1.807) is 0 Å². The zero-order chi connectivity index (χ0) is 15.6. The Morgan fingerprint density at radius 2 is 1.76 bits per heavy atom. The second-order valence-electron chi connectivity index (χ2n) is 5.09. The first-order chi connectivity index (χ1) is 9.88. The molecular formula is C16H16Cl2N2O. The molecule has 110 valence electrons.